The minimum atomic E-state index is -0.304. The Morgan fingerprint density at radius 1 is 1.27 bits per heavy atom. The van der Waals surface area contributed by atoms with Gasteiger partial charge in [-0.05, 0) is 30.2 Å². The van der Waals surface area contributed by atoms with Crippen molar-refractivity contribution in [2.45, 2.75) is 32.8 Å². The molecule has 0 amide bonds. The fourth-order valence-corrected chi connectivity index (χ4v) is 1.40. The molecule has 0 saturated heterocycles. The van der Waals surface area contributed by atoms with Crippen molar-refractivity contribution in [2.24, 2.45) is 0 Å². The SMILES string of the molecule is CCCCCOCc1cc(N)cc(F)c1. The van der Waals surface area contributed by atoms with Crippen LogP contribution in [0.15, 0.2) is 18.2 Å². The summed E-state index contributed by atoms with van der Waals surface area (Å²) in [5.41, 5.74) is 6.76. The predicted molar refractivity (Wildman–Crippen MR) is 60.0 cm³/mol. The third kappa shape index (κ3) is 4.79. The molecule has 15 heavy (non-hydrogen) atoms. The van der Waals surface area contributed by atoms with Crippen LogP contribution in [-0.2, 0) is 11.3 Å². The summed E-state index contributed by atoms with van der Waals surface area (Å²) < 4.78 is 18.3. The second-order valence-electron chi connectivity index (χ2n) is 3.65. The first-order valence-electron chi connectivity index (χ1n) is 5.35. The van der Waals surface area contributed by atoms with Crippen molar-refractivity contribution in [3.05, 3.63) is 29.6 Å². The van der Waals surface area contributed by atoms with E-state index in [1.807, 2.05) is 0 Å². The minimum absolute atomic E-state index is 0.304. The zero-order valence-corrected chi connectivity index (χ0v) is 9.13. The van der Waals surface area contributed by atoms with Gasteiger partial charge in [-0.2, -0.15) is 0 Å². The van der Waals surface area contributed by atoms with E-state index in [1.54, 1.807) is 6.07 Å². The Kier molecular flexibility index (Phi) is 5.12. The van der Waals surface area contributed by atoms with E-state index in [4.69, 9.17) is 10.5 Å². The fraction of sp³-hybridized carbons (Fsp3) is 0.500. The highest BCUT2D eigenvalue weighted by atomic mass is 19.1. The summed E-state index contributed by atoms with van der Waals surface area (Å²) in [5.74, 6) is -0.304. The largest absolute Gasteiger partial charge is 0.399 e. The standard InChI is InChI=1S/C12H18FNO/c1-2-3-4-5-15-9-10-6-11(13)8-12(14)7-10/h6-8H,2-5,9,14H2,1H3. The minimum Gasteiger partial charge on any atom is -0.399 e. The molecule has 0 atom stereocenters. The Bertz CT molecular complexity index is 281. The maximum absolute atomic E-state index is 12.9. The van der Waals surface area contributed by atoms with Gasteiger partial charge in [-0.3, -0.25) is 0 Å². The Labute approximate surface area is 90.2 Å². The Morgan fingerprint density at radius 2 is 2.07 bits per heavy atom. The molecule has 0 fully saturated rings. The van der Waals surface area contributed by atoms with E-state index in [-0.39, 0.29) is 5.82 Å². The monoisotopic (exact) mass is 211 g/mol. The number of hydrogen-bond donors (Lipinski definition) is 1. The first kappa shape index (κ1) is 12.0. The molecule has 3 heteroatoms. The van der Waals surface area contributed by atoms with Crippen LogP contribution in [0, 0.1) is 5.82 Å². The van der Waals surface area contributed by atoms with Gasteiger partial charge in [0.1, 0.15) is 5.82 Å². The van der Waals surface area contributed by atoms with E-state index < -0.39 is 0 Å². The third-order valence-corrected chi connectivity index (χ3v) is 2.14. The molecule has 0 aliphatic rings. The van der Waals surface area contributed by atoms with Crippen LogP contribution in [0.2, 0.25) is 0 Å². The van der Waals surface area contributed by atoms with E-state index in [9.17, 15) is 4.39 Å². The van der Waals surface area contributed by atoms with Crippen LogP contribution >= 0.6 is 0 Å². The van der Waals surface area contributed by atoms with Crippen molar-refractivity contribution < 1.29 is 9.13 Å². The van der Waals surface area contributed by atoms with E-state index in [1.165, 1.54) is 25.0 Å². The third-order valence-electron chi connectivity index (χ3n) is 2.14. The summed E-state index contributed by atoms with van der Waals surface area (Å²) in [6.07, 6.45) is 3.41. The summed E-state index contributed by atoms with van der Waals surface area (Å²) in [5, 5.41) is 0. The average molecular weight is 211 g/mol. The molecule has 2 N–H and O–H groups in total. The van der Waals surface area contributed by atoms with Gasteiger partial charge >= 0.3 is 0 Å². The van der Waals surface area contributed by atoms with Gasteiger partial charge in [-0.1, -0.05) is 19.8 Å². The smallest absolute Gasteiger partial charge is 0.125 e. The average Bonchev–Trinajstić information content (AvgIpc) is 2.16. The van der Waals surface area contributed by atoms with Gasteiger partial charge in [-0.25, -0.2) is 4.39 Å². The van der Waals surface area contributed by atoms with Crippen LogP contribution in [0.4, 0.5) is 10.1 Å². The molecule has 0 aliphatic heterocycles. The lowest BCUT2D eigenvalue weighted by molar-refractivity contribution is 0.117. The molecule has 0 aliphatic carbocycles. The zero-order chi connectivity index (χ0) is 11.1. The first-order chi connectivity index (χ1) is 7.22. The van der Waals surface area contributed by atoms with Crippen LogP contribution in [0.1, 0.15) is 31.7 Å². The number of anilines is 1. The summed E-state index contributed by atoms with van der Waals surface area (Å²) in [6.45, 7) is 3.31. The van der Waals surface area contributed by atoms with E-state index in [0.29, 0.717) is 12.3 Å². The maximum Gasteiger partial charge on any atom is 0.125 e. The lowest BCUT2D eigenvalue weighted by Crippen LogP contribution is -1.97. The highest BCUT2D eigenvalue weighted by Gasteiger charge is 1.98. The van der Waals surface area contributed by atoms with Crippen molar-refractivity contribution in [2.75, 3.05) is 12.3 Å². The predicted octanol–water partition coefficient (Wildman–Crippen LogP) is 3.11. The Balaban J connectivity index is 2.31. The maximum atomic E-state index is 12.9. The van der Waals surface area contributed by atoms with Crippen LogP contribution in [0.25, 0.3) is 0 Å². The van der Waals surface area contributed by atoms with Gasteiger partial charge in [0, 0.05) is 12.3 Å². The molecule has 0 bridgehead atoms. The number of ether oxygens (including phenoxy) is 1. The van der Waals surface area contributed by atoms with Gasteiger partial charge in [-0.15, -0.1) is 0 Å². The number of nitrogens with two attached hydrogens (primary N) is 1. The number of halogens is 1. The highest BCUT2D eigenvalue weighted by Crippen LogP contribution is 2.11. The van der Waals surface area contributed by atoms with Crippen molar-refractivity contribution in [3.8, 4) is 0 Å². The van der Waals surface area contributed by atoms with E-state index in [2.05, 4.69) is 6.92 Å². The lowest BCUT2D eigenvalue weighted by Gasteiger charge is -2.05. The van der Waals surface area contributed by atoms with Crippen molar-refractivity contribution in [1.29, 1.82) is 0 Å². The summed E-state index contributed by atoms with van der Waals surface area (Å²) in [6, 6.07) is 4.50. The van der Waals surface area contributed by atoms with E-state index >= 15 is 0 Å². The number of nitrogen functional groups attached to an aromatic ring is 1. The summed E-state index contributed by atoms with van der Waals surface area (Å²) in [7, 11) is 0. The molecule has 0 radical (unpaired) electrons. The van der Waals surface area contributed by atoms with Crippen molar-refractivity contribution in [3.63, 3.8) is 0 Å². The second-order valence-corrected chi connectivity index (χ2v) is 3.65. The highest BCUT2D eigenvalue weighted by molar-refractivity contribution is 5.41. The molecule has 1 aromatic carbocycles. The van der Waals surface area contributed by atoms with Gasteiger partial charge in [0.25, 0.3) is 0 Å². The number of rotatable bonds is 6. The lowest BCUT2D eigenvalue weighted by atomic mass is 10.2. The van der Waals surface area contributed by atoms with E-state index in [0.717, 1.165) is 18.6 Å². The molecule has 1 rings (SSSR count). The quantitative estimate of drug-likeness (QED) is 0.579. The van der Waals surface area contributed by atoms with Crippen LogP contribution in [-0.4, -0.2) is 6.61 Å². The van der Waals surface area contributed by atoms with Gasteiger partial charge in [0.05, 0.1) is 6.61 Å². The molecular weight excluding hydrogens is 193 g/mol. The van der Waals surface area contributed by atoms with Gasteiger partial charge in [0.15, 0.2) is 0 Å². The normalized spacial score (nSPS) is 10.5. The number of benzene rings is 1. The zero-order valence-electron chi connectivity index (χ0n) is 9.13. The Morgan fingerprint density at radius 3 is 2.73 bits per heavy atom. The molecule has 1 aromatic rings. The van der Waals surface area contributed by atoms with Crippen LogP contribution < -0.4 is 5.73 Å². The molecular formula is C12H18FNO. The summed E-state index contributed by atoms with van der Waals surface area (Å²) in [4.78, 5) is 0. The molecule has 0 aromatic heterocycles. The van der Waals surface area contributed by atoms with Gasteiger partial charge < -0.3 is 10.5 Å². The molecule has 0 spiro atoms. The number of unbranched alkanes of at least 4 members (excludes halogenated alkanes) is 2. The van der Waals surface area contributed by atoms with Crippen LogP contribution in [0.5, 0.6) is 0 Å². The van der Waals surface area contributed by atoms with Crippen molar-refractivity contribution in [1.82, 2.24) is 0 Å². The second kappa shape index (κ2) is 6.40. The molecule has 84 valence electrons. The number of hydrogen-bond acceptors (Lipinski definition) is 2. The molecule has 2 nitrogen and oxygen atoms in total. The van der Waals surface area contributed by atoms with Gasteiger partial charge in [0.2, 0.25) is 0 Å². The molecule has 0 heterocycles. The van der Waals surface area contributed by atoms with Crippen molar-refractivity contribution >= 4 is 5.69 Å². The van der Waals surface area contributed by atoms with Crippen LogP contribution in [0.3, 0.4) is 0 Å². The first-order valence-corrected chi connectivity index (χ1v) is 5.35. The molecule has 0 saturated carbocycles. The topological polar surface area (TPSA) is 35.2 Å². The summed E-state index contributed by atoms with van der Waals surface area (Å²) >= 11 is 0. The molecule has 0 unspecified atom stereocenters. The Hall–Kier alpha value is -1.09. The fourth-order valence-electron chi connectivity index (χ4n) is 1.40.